The highest BCUT2D eigenvalue weighted by Crippen LogP contribution is 2.19. The molecule has 0 spiro atoms. The van der Waals surface area contributed by atoms with E-state index in [2.05, 4.69) is 25.5 Å². The molecule has 3 heterocycles. The third-order valence-corrected chi connectivity index (χ3v) is 6.09. The van der Waals surface area contributed by atoms with Crippen LogP contribution in [-0.4, -0.2) is 63.3 Å². The van der Waals surface area contributed by atoms with Gasteiger partial charge in [-0.1, -0.05) is 30.2 Å². The van der Waals surface area contributed by atoms with Crippen molar-refractivity contribution in [2.24, 2.45) is 5.73 Å². The van der Waals surface area contributed by atoms with Gasteiger partial charge in [-0.05, 0) is 50.2 Å². The average Bonchev–Trinajstić information content (AvgIpc) is 3.31. The first-order chi connectivity index (χ1) is 16.9. The van der Waals surface area contributed by atoms with Gasteiger partial charge in [-0.3, -0.25) is 19.0 Å². The zero-order valence-electron chi connectivity index (χ0n) is 19.0. The second-order valence-corrected chi connectivity index (χ2v) is 8.58. The lowest BCUT2D eigenvalue weighted by molar-refractivity contribution is 0.0924. The molecule has 0 unspecified atom stereocenters. The molecule has 0 radical (unpaired) electrons. The van der Waals surface area contributed by atoms with E-state index in [0.29, 0.717) is 22.8 Å². The SMILES string of the molecule is NC(=O)c1c(C(=O)NCCN2CCCCC2)ncn1-c1ccc(NC(=O)c2ccccc2Cl)nc1. The first-order valence-electron chi connectivity index (χ1n) is 11.3. The Bertz CT molecular complexity index is 1220. The monoisotopic (exact) mass is 495 g/mol. The Morgan fingerprint density at radius 1 is 1.00 bits per heavy atom. The van der Waals surface area contributed by atoms with E-state index in [1.165, 1.54) is 36.4 Å². The van der Waals surface area contributed by atoms with Gasteiger partial charge in [-0.15, -0.1) is 0 Å². The number of benzene rings is 1. The molecule has 2 aromatic heterocycles. The lowest BCUT2D eigenvalue weighted by Gasteiger charge is -2.26. The van der Waals surface area contributed by atoms with Gasteiger partial charge >= 0.3 is 0 Å². The fourth-order valence-electron chi connectivity index (χ4n) is 3.97. The highest BCUT2D eigenvalue weighted by Gasteiger charge is 2.23. The zero-order chi connectivity index (χ0) is 24.8. The quantitative estimate of drug-likeness (QED) is 0.439. The van der Waals surface area contributed by atoms with Gasteiger partial charge in [-0.25, -0.2) is 9.97 Å². The van der Waals surface area contributed by atoms with E-state index in [1.807, 2.05) is 0 Å². The lowest BCUT2D eigenvalue weighted by atomic mass is 10.1. The Balaban J connectivity index is 1.44. The second kappa shape index (κ2) is 11.1. The topological polar surface area (TPSA) is 135 Å². The van der Waals surface area contributed by atoms with Crippen molar-refractivity contribution in [3.05, 3.63) is 70.9 Å². The van der Waals surface area contributed by atoms with Gasteiger partial charge in [0, 0.05) is 13.1 Å². The van der Waals surface area contributed by atoms with Crippen molar-refractivity contribution in [2.45, 2.75) is 19.3 Å². The van der Waals surface area contributed by atoms with Crippen LogP contribution in [0.1, 0.15) is 50.6 Å². The normalized spacial score (nSPS) is 13.9. The minimum atomic E-state index is -0.792. The van der Waals surface area contributed by atoms with Crippen LogP contribution in [-0.2, 0) is 0 Å². The summed E-state index contributed by atoms with van der Waals surface area (Å²) in [5.74, 6) is -1.37. The Kier molecular flexibility index (Phi) is 7.74. The van der Waals surface area contributed by atoms with Crippen molar-refractivity contribution in [3.63, 3.8) is 0 Å². The van der Waals surface area contributed by atoms with Crippen molar-refractivity contribution in [1.29, 1.82) is 0 Å². The number of carbonyl (C=O) groups is 3. The molecule has 1 aliphatic rings. The number of imidazole rings is 1. The third-order valence-electron chi connectivity index (χ3n) is 5.76. The number of aromatic nitrogens is 3. The van der Waals surface area contributed by atoms with Crippen LogP contribution in [0.3, 0.4) is 0 Å². The van der Waals surface area contributed by atoms with Gasteiger partial charge in [0.1, 0.15) is 17.8 Å². The van der Waals surface area contributed by atoms with Crippen molar-refractivity contribution < 1.29 is 14.4 Å². The second-order valence-electron chi connectivity index (χ2n) is 8.17. The Morgan fingerprint density at radius 3 is 2.46 bits per heavy atom. The summed E-state index contributed by atoms with van der Waals surface area (Å²) in [6.45, 7) is 3.24. The summed E-state index contributed by atoms with van der Waals surface area (Å²) < 4.78 is 1.40. The number of amides is 3. The van der Waals surface area contributed by atoms with E-state index < -0.39 is 17.7 Å². The number of piperidine rings is 1. The van der Waals surface area contributed by atoms with Gasteiger partial charge in [0.05, 0.1) is 22.5 Å². The summed E-state index contributed by atoms with van der Waals surface area (Å²) in [6, 6.07) is 9.86. The van der Waals surface area contributed by atoms with Crippen LogP contribution in [0.4, 0.5) is 5.82 Å². The van der Waals surface area contributed by atoms with E-state index in [1.54, 1.807) is 36.4 Å². The Labute approximate surface area is 207 Å². The Morgan fingerprint density at radius 2 is 1.77 bits per heavy atom. The average molecular weight is 496 g/mol. The summed E-state index contributed by atoms with van der Waals surface area (Å²) in [4.78, 5) is 48.0. The van der Waals surface area contributed by atoms with Crippen LogP contribution >= 0.6 is 11.6 Å². The number of carbonyl (C=O) groups excluding carboxylic acids is 3. The number of rotatable bonds is 8. The standard InChI is InChI=1S/C24H26ClN7O3/c25-18-7-3-2-6-17(18)23(34)30-19-9-8-16(14-28-19)32-15-29-20(21(32)22(26)33)24(35)27-10-13-31-11-4-1-5-12-31/h2-3,6-9,14-15H,1,4-5,10-13H2,(H2,26,33)(H,27,35)(H,28,30,34). The fraction of sp³-hybridized carbons (Fsp3) is 0.292. The van der Waals surface area contributed by atoms with Crippen LogP contribution in [0.2, 0.25) is 5.02 Å². The van der Waals surface area contributed by atoms with E-state index in [-0.39, 0.29) is 17.2 Å². The molecule has 182 valence electrons. The summed E-state index contributed by atoms with van der Waals surface area (Å²) in [5.41, 5.74) is 6.26. The molecule has 11 heteroatoms. The molecule has 3 aromatic rings. The van der Waals surface area contributed by atoms with Gasteiger partial charge in [-0.2, -0.15) is 0 Å². The van der Waals surface area contributed by atoms with Crippen LogP contribution in [0.25, 0.3) is 5.69 Å². The number of pyridine rings is 1. The molecule has 1 aromatic carbocycles. The van der Waals surface area contributed by atoms with Crippen molar-refractivity contribution in [3.8, 4) is 5.69 Å². The molecule has 1 saturated heterocycles. The third kappa shape index (κ3) is 5.84. The molecule has 1 fully saturated rings. The number of likely N-dealkylation sites (tertiary alicyclic amines) is 1. The predicted octanol–water partition coefficient (Wildman–Crippen LogP) is 2.49. The summed E-state index contributed by atoms with van der Waals surface area (Å²) in [6.07, 6.45) is 6.36. The van der Waals surface area contributed by atoms with E-state index in [0.717, 1.165) is 19.6 Å². The molecule has 0 saturated carbocycles. The maximum Gasteiger partial charge on any atom is 0.272 e. The predicted molar refractivity (Wildman–Crippen MR) is 132 cm³/mol. The smallest absolute Gasteiger partial charge is 0.272 e. The van der Waals surface area contributed by atoms with E-state index >= 15 is 0 Å². The minimum absolute atomic E-state index is 0.0462. The number of nitrogens with two attached hydrogens (primary N) is 1. The number of nitrogens with one attached hydrogen (secondary N) is 2. The molecule has 4 N–H and O–H groups in total. The molecule has 10 nitrogen and oxygen atoms in total. The molecular weight excluding hydrogens is 470 g/mol. The molecule has 3 amide bonds. The van der Waals surface area contributed by atoms with Crippen molar-refractivity contribution in [2.75, 3.05) is 31.5 Å². The molecule has 0 atom stereocenters. The molecule has 0 aliphatic carbocycles. The maximum absolute atomic E-state index is 12.7. The highest BCUT2D eigenvalue weighted by atomic mass is 35.5. The lowest BCUT2D eigenvalue weighted by Crippen LogP contribution is -2.38. The number of halogens is 1. The number of nitrogens with zero attached hydrogens (tertiary/aromatic N) is 4. The van der Waals surface area contributed by atoms with Crippen molar-refractivity contribution >= 4 is 35.1 Å². The molecule has 0 bridgehead atoms. The first-order valence-corrected chi connectivity index (χ1v) is 11.7. The number of hydrogen-bond acceptors (Lipinski definition) is 6. The van der Waals surface area contributed by atoms with Gasteiger partial charge in [0.25, 0.3) is 17.7 Å². The largest absolute Gasteiger partial charge is 0.364 e. The van der Waals surface area contributed by atoms with Gasteiger partial charge in [0.15, 0.2) is 5.69 Å². The summed E-state index contributed by atoms with van der Waals surface area (Å²) in [5, 5.41) is 5.82. The fourth-order valence-corrected chi connectivity index (χ4v) is 4.19. The number of primary amides is 1. The molecule has 1 aliphatic heterocycles. The molecular formula is C24H26ClN7O3. The minimum Gasteiger partial charge on any atom is -0.364 e. The van der Waals surface area contributed by atoms with Gasteiger partial charge in [0.2, 0.25) is 0 Å². The summed E-state index contributed by atoms with van der Waals surface area (Å²) >= 11 is 6.07. The van der Waals surface area contributed by atoms with Crippen molar-refractivity contribution in [1.82, 2.24) is 24.8 Å². The highest BCUT2D eigenvalue weighted by molar-refractivity contribution is 6.34. The maximum atomic E-state index is 12.7. The van der Waals surface area contributed by atoms with Gasteiger partial charge < -0.3 is 21.3 Å². The zero-order valence-corrected chi connectivity index (χ0v) is 19.8. The van der Waals surface area contributed by atoms with Crippen LogP contribution in [0.15, 0.2) is 48.9 Å². The van der Waals surface area contributed by atoms with Crippen LogP contribution in [0, 0.1) is 0 Å². The van der Waals surface area contributed by atoms with E-state index in [4.69, 9.17) is 17.3 Å². The number of hydrogen-bond donors (Lipinski definition) is 3. The molecule has 4 rings (SSSR count). The number of anilines is 1. The van der Waals surface area contributed by atoms with Crippen LogP contribution < -0.4 is 16.4 Å². The molecule has 35 heavy (non-hydrogen) atoms. The summed E-state index contributed by atoms with van der Waals surface area (Å²) in [7, 11) is 0. The first kappa shape index (κ1) is 24.4. The van der Waals surface area contributed by atoms with E-state index in [9.17, 15) is 14.4 Å². The Hall–Kier alpha value is -3.76. The van der Waals surface area contributed by atoms with Crippen LogP contribution in [0.5, 0.6) is 0 Å².